The number of hydrogen-bond acceptors (Lipinski definition) is 3. The molecule has 1 fully saturated rings. The Labute approximate surface area is 179 Å². The Bertz CT molecular complexity index is 1030. The Morgan fingerprint density at radius 1 is 1.17 bits per heavy atom. The molecule has 3 aromatic carbocycles. The highest BCUT2D eigenvalue weighted by molar-refractivity contribution is 9.10. The summed E-state index contributed by atoms with van der Waals surface area (Å²) in [5.41, 5.74) is 2.10. The zero-order valence-electron chi connectivity index (χ0n) is 16.3. The van der Waals surface area contributed by atoms with Gasteiger partial charge < -0.3 is 9.84 Å². The lowest BCUT2D eigenvalue weighted by Gasteiger charge is -2.33. The van der Waals surface area contributed by atoms with Gasteiger partial charge in [-0.25, -0.2) is 0 Å². The molecule has 4 rings (SSSR count). The van der Waals surface area contributed by atoms with Gasteiger partial charge in [-0.2, -0.15) is 0 Å². The first-order valence-electron chi connectivity index (χ1n) is 9.98. The van der Waals surface area contributed by atoms with Crippen molar-refractivity contribution in [1.82, 2.24) is 4.90 Å². The lowest BCUT2D eigenvalue weighted by atomic mass is 9.91. The number of nitrogens with zero attached hydrogens (tertiary/aromatic N) is 1. The minimum atomic E-state index is -0.763. The predicted molar refractivity (Wildman–Crippen MR) is 118 cm³/mol. The number of carbonyl (C=O) groups is 1. The zero-order chi connectivity index (χ0) is 20.4. The topological polar surface area (TPSA) is 49.8 Å². The van der Waals surface area contributed by atoms with Crippen molar-refractivity contribution in [3.63, 3.8) is 0 Å². The zero-order valence-corrected chi connectivity index (χ0v) is 17.9. The van der Waals surface area contributed by atoms with Gasteiger partial charge in [0.15, 0.2) is 0 Å². The maximum Gasteiger partial charge on any atom is 0.320 e. The Kier molecular flexibility index (Phi) is 5.88. The number of hydrogen-bond donors (Lipinski definition) is 1. The van der Waals surface area contributed by atoms with Crippen LogP contribution in [0.25, 0.3) is 10.8 Å². The van der Waals surface area contributed by atoms with Crippen molar-refractivity contribution in [1.29, 1.82) is 0 Å². The molecule has 0 spiro atoms. The standard InChI is InChI=1S/C24H24BrNO3/c1-2-29-22-13-12-17(25)15-20(22)23(26-14-6-11-21(26)24(27)28)19-10-5-8-16-7-3-4-9-18(16)19/h3-5,7-10,12-13,15,21,23H,2,6,11,14H2,1H3,(H,27,28). The fourth-order valence-corrected chi connectivity index (χ4v) is 4.78. The summed E-state index contributed by atoms with van der Waals surface area (Å²) in [4.78, 5) is 14.2. The molecule has 1 aliphatic heterocycles. The molecule has 5 heteroatoms. The summed E-state index contributed by atoms with van der Waals surface area (Å²) in [5, 5.41) is 12.2. The normalized spacial score (nSPS) is 18.1. The molecule has 0 bridgehead atoms. The maximum atomic E-state index is 12.0. The summed E-state index contributed by atoms with van der Waals surface area (Å²) in [6, 6.07) is 19.8. The van der Waals surface area contributed by atoms with Crippen LogP contribution < -0.4 is 4.74 Å². The van der Waals surface area contributed by atoms with Gasteiger partial charge in [0.05, 0.1) is 12.6 Å². The second-order valence-corrected chi connectivity index (χ2v) is 8.24. The van der Waals surface area contributed by atoms with Gasteiger partial charge in [-0.3, -0.25) is 9.69 Å². The molecule has 0 saturated carbocycles. The van der Waals surface area contributed by atoms with Crippen molar-refractivity contribution in [2.45, 2.75) is 31.8 Å². The number of carboxylic acid groups (broad SMARTS) is 1. The number of ether oxygens (including phenoxy) is 1. The summed E-state index contributed by atoms with van der Waals surface area (Å²) >= 11 is 3.60. The summed E-state index contributed by atoms with van der Waals surface area (Å²) < 4.78 is 6.92. The molecular weight excluding hydrogens is 430 g/mol. The van der Waals surface area contributed by atoms with E-state index >= 15 is 0 Å². The largest absolute Gasteiger partial charge is 0.494 e. The SMILES string of the molecule is CCOc1ccc(Br)cc1C(c1cccc2ccccc12)N1CCCC1C(=O)O. The van der Waals surface area contributed by atoms with Crippen LogP contribution in [0.1, 0.15) is 36.9 Å². The van der Waals surface area contributed by atoms with E-state index in [1.165, 1.54) is 0 Å². The molecule has 29 heavy (non-hydrogen) atoms. The van der Waals surface area contributed by atoms with Crippen LogP contribution >= 0.6 is 15.9 Å². The predicted octanol–water partition coefficient (Wildman–Crippen LogP) is 5.64. The average Bonchev–Trinajstić information content (AvgIpc) is 3.20. The van der Waals surface area contributed by atoms with Gasteiger partial charge >= 0.3 is 5.97 Å². The Morgan fingerprint density at radius 2 is 1.97 bits per heavy atom. The van der Waals surface area contributed by atoms with Crippen LogP contribution in [-0.2, 0) is 4.79 Å². The van der Waals surface area contributed by atoms with Gasteiger partial charge in [-0.05, 0) is 54.3 Å². The van der Waals surface area contributed by atoms with Crippen molar-refractivity contribution in [3.8, 4) is 5.75 Å². The van der Waals surface area contributed by atoms with Crippen LogP contribution in [0.4, 0.5) is 0 Å². The van der Waals surface area contributed by atoms with Crippen LogP contribution in [0.3, 0.4) is 0 Å². The molecule has 0 aromatic heterocycles. The second-order valence-electron chi connectivity index (χ2n) is 7.32. The number of rotatable bonds is 6. The quantitative estimate of drug-likeness (QED) is 0.524. The van der Waals surface area contributed by atoms with E-state index in [4.69, 9.17) is 4.74 Å². The Morgan fingerprint density at radius 3 is 2.76 bits per heavy atom. The smallest absolute Gasteiger partial charge is 0.320 e. The average molecular weight is 454 g/mol. The first kappa shape index (κ1) is 19.9. The molecule has 0 radical (unpaired) electrons. The summed E-state index contributed by atoms with van der Waals surface area (Å²) in [6.45, 7) is 3.26. The molecule has 0 amide bonds. The third-order valence-electron chi connectivity index (χ3n) is 5.60. The fourth-order valence-electron chi connectivity index (χ4n) is 4.40. The summed E-state index contributed by atoms with van der Waals surface area (Å²) in [7, 11) is 0. The maximum absolute atomic E-state index is 12.0. The van der Waals surface area contributed by atoms with Gasteiger partial charge in [-0.15, -0.1) is 0 Å². The molecule has 1 saturated heterocycles. The minimum absolute atomic E-state index is 0.205. The molecule has 150 valence electrons. The first-order valence-corrected chi connectivity index (χ1v) is 10.8. The monoisotopic (exact) mass is 453 g/mol. The molecule has 1 aliphatic rings. The number of carboxylic acids is 1. The molecule has 1 heterocycles. The third kappa shape index (κ3) is 3.89. The van der Waals surface area contributed by atoms with Crippen LogP contribution in [0.2, 0.25) is 0 Å². The van der Waals surface area contributed by atoms with E-state index in [0.29, 0.717) is 13.0 Å². The van der Waals surface area contributed by atoms with Crippen LogP contribution in [0.5, 0.6) is 5.75 Å². The van der Waals surface area contributed by atoms with Gasteiger partial charge in [0.1, 0.15) is 11.8 Å². The molecule has 4 nitrogen and oxygen atoms in total. The van der Waals surface area contributed by atoms with Crippen molar-refractivity contribution >= 4 is 32.7 Å². The highest BCUT2D eigenvalue weighted by atomic mass is 79.9. The van der Waals surface area contributed by atoms with E-state index in [1.54, 1.807) is 0 Å². The van der Waals surface area contributed by atoms with Crippen molar-refractivity contribution < 1.29 is 14.6 Å². The van der Waals surface area contributed by atoms with Crippen LogP contribution in [0.15, 0.2) is 65.1 Å². The molecular formula is C24H24BrNO3. The molecule has 1 N–H and O–H groups in total. The van der Waals surface area contributed by atoms with E-state index in [0.717, 1.165) is 45.1 Å². The second kappa shape index (κ2) is 8.56. The van der Waals surface area contributed by atoms with Crippen LogP contribution in [-0.4, -0.2) is 35.2 Å². The minimum Gasteiger partial charge on any atom is -0.494 e. The number of benzene rings is 3. The molecule has 2 atom stereocenters. The Balaban J connectivity index is 1.96. The number of halogens is 1. The Hall–Kier alpha value is -2.37. The van der Waals surface area contributed by atoms with E-state index in [2.05, 4.69) is 57.2 Å². The fraction of sp³-hybridized carbons (Fsp3) is 0.292. The van der Waals surface area contributed by atoms with Crippen LogP contribution in [0, 0.1) is 0 Å². The summed E-state index contributed by atoms with van der Waals surface area (Å²) in [6.07, 6.45) is 1.53. The van der Waals surface area contributed by atoms with E-state index in [9.17, 15) is 9.90 Å². The number of likely N-dealkylation sites (tertiary alicyclic amines) is 1. The summed E-state index contributed by atoms with van der Waals surface area (Å²) in [5.74, 6) is 0.0327. The lowest BCUT2D eigenvalue weighted by molar-refractivity contribution is -0.142. The molecule has 3 aromatic rings. The third-order valence-corrected chi connectivity index (χ3v) is 6.09. The van der Waals surface area contributed by atoms with E-state index < -0.39 is 12.0 Å². The first-order chi connectivity index (χ1) is 14.1. The van der Waals surface area contributed by atoms with E-state index in [1.807, 2.05) is 31.2 Å². The van der Waals surface area contributed by atoms with Crippen molar-refractivity contribution in [2.75, 3.05) is 13.2 Å². The molecule has 0 aliphatic carbocycles. The van der Waals surface area contributed by atoms with Crippen molar-refractivity contribution in [2.24, 2.45) is 0 Å². The van der Waals surface area contributed by atoms with Gasteiger partial charge in [0.25, 0.3) is 0 Å². The van der Waals surface area contributed by atoms with Crippen molar-refractivity contribution in [3.05, 3.63) is 76.3 Å². The number of fused-ring (bicyclic) bond motifs is 1. The highest BCUT2D eigenvalue weighted by Crippen LogP contribution is 2.42. The lowest BCUT2D eigenvalue weighted by Crippen LogP contribution is -2.39. The number of aliphatic carboxylic acids is 1. The van der Waals surface area contributed by atoms with Gasteiger partial charge in [-0.1, -0.05) is 58.4 Å². The van der Waals surface area contributed by atoms with E-state index in [-0.39, 0.29) is 6.04 Å². The highest BCUT2D eigenvalue weighted by Gasteiger charge is 2.38. The van der Waals surface area contributed by atoms with Gasteiger partial charge in [0.2, 0.25) is 0 Å². The van der Waals surface area contributed by atoms with Gasteiger partial charge in [0, 0.05) is 16.6 Å². The molecule has 2 unspecified atom stereocenters.